The number of aromatic nitrogens is 4. The number of amides is 1. The first-order valence-electron chi connectivity index (χ1n) is 5.91. The third-order valence-corrected chi connectivity index (χ3v) is 4.02. The van der Waals surface area contributed by atoms with Gasteiger partial charge in [0.15, 0.2) is 5.65 Å². The molecule has 0 aliphatic heterocycles. The molecule has 6 nitrogen and oxygen atoms in total. The molecule has 0 radical (unpaired) electrons. The molecule has 3 aromatic rings. The van der Waals surface area contributed by atoms with Crippen molar-refractivity contribution in [2.75, 3.05) is 5.32 Å². The van der Waals surface area contributed by atoms with Gasteiger partial charge >= 0.3 is 0 Å². The number of halogens is 2. The Kier molecular flexibility index (Phi) is 3.56. The van der Waals surface area contributed by atoms with Crippen molar-refractivity contribution in [3.8, 4) is 0 Å². The van der Waals surface area contributed by atoms with E-state index in [-0.39, 0.29) is 5.91 Å². The number of imidazole rings is 1. The van der Waals surface area contributed by atoms with Crippen LogP contribution in [0.5, 0.6) is 0 Å². The number of carbonyl (C=O) groups is 1. The molecule has 3 rings (SSSR count). The topological polar surface area (TPSA) is 72.2 Å². The predicted octanol–water partition coefficient (Wildman–Crippen LogP) is 3.36. The molecule has 0 aliphatic rings. The van der Waals surface area contributed by atoms with Gasteiger partial charge in [0, 0.05) is 6.20 Å². The lowest BCUT2D eigenvalue weighted by atomic mass is 10.3. The van der Waals surface area contributed by atoms with Gasteiger partial charge in [-0.3, -0.25) is 14.5 Å². The fraction of sp³-hybridized carbons (Fsp3) is 0.167. The number of nitrogens with one attached hydrogen (secondary N) is 1. The van der Waals surface area contributed by atoms with E-state index < -0.39 is 0 Å². The number of fused-ring (bicyclic) bond motifs is 1. The number of anilines is 1. The smallest absolute Gasteiger partial charge is 0.276 e. The van der Waals surface area contributed by atoms with E-state index in [2.05, 4.69) is 20.5 Å². The summed E-state index contributed by atoms with van der Waals surface area (Å²) in [6.07, 6.45) is 1.60. The van der Waals surface area contributed by atoms with Crippen LogP contribution in [0.3, 0.4) is 0 Å². The van der Waals surface area contributed by atoms with E-state index in [1.165, 1.54) is 11.3 Å². The van der Waals surface area contributed by atoms with Crippen molar-refractivity contribution in [1.82, 2.24) is 19.6 Å². The number of hydrogen-bond donors (Lipinski definition) is 1. The molecular formula is C12H9Cl2N5OS. The highest BCUT2D eigenvalue weighted by atomic mass is 35.5. The molecule has 21 heavy (non-hydrogen) atoms. The summed E-state index contributed by atoms with van der Waals surface area (Å²) in [6, 6.07) is 1.58. The molecule has 9 heteroatoms. The molecule has 0 atom stereocenters. The third-order valence-electron chi connectivity index (χ3n) is 2.78. The van der Waals surface area contributed by atoms with Crippen LogP contribution in [0, 0.1) is 13.8 Å². The molecule has 0 fully saturated rings. The van der Waals surface area contributed by atoms with Crippen molar-refractivity contribution in [3.05, 3.63) is 38.7 Å². The van der Waals surface area contributed by atoms with Gasteiger partial charge in [0.1, 0.15) is 10.7 Å². The van der Waals surface area contributed by atoms with Gasteiger partial charge in [0.05, 0.1) is 15.7 Å². The van der Waals surface area contributed by atoms with Crippen LogP contribution in [0.1, 0.15) is 21.2 Å². The molecule has 3 heterocycles. The lowest BCUT2D eigenvalue weighted by Crippen LogP contribution is -2.15. The van der Waals surface area contributed by atoms with Crippen LogP contribution in [0.25, 0.3) is 5.65 Å². The summed E-state index contributed by atoms with van der Waals surface area (Å²) in [5.74, 6) is -0.338. The van der Waals surface area contributed by atoms with Crippen molar-refractivity contribution in [1.29, 1.82) is 0 Å². The number of aryl methyl sites for hydroxylation is 2. The molecule has 0 aliphatic carbocycles. The molecule has 0 aromatic carbocycles. The lowest BCUT2D eigenvalue weighted by molar-refractivity contribution is 0.102. The zero-order valence-electron chi connectivity index (χ0n) is 11.0. The number of hydrogen-bond acceptors (Lipinski definition) is 5. The zero-order valence-corrected chi connectivity index (χ0v) is 13.3. The molecule has 0 spiro atoms. The summed E-state index contributed by atoms with van der Waals surface area (Å²) in [5, 5.41) is 12.4. The van der Waals surface area contributed by atoms with E-state index in [1.54, 1.807) is 23.6 Å². The van der Waals surface area contributed by atoms with Gasteiger partial charge in [-0.2, -0.15) is 0 Å². The predicted molar refractivity (Wildman–Crippen MR) is 82.5 cm³/mol. The molecule has 1 N–H and O–H groups in total. The second-order valence-corrected chi connectivity index (χ2v) is 6.35. The minimum Gasteiger partial charge on any atom is -0.295 e. The van der Waals surface area contributed by atoms with Crippen molar-refractivity contribution >= 4 is 51.2 Å². The summed E-state index contributed by atoms with van der Waals surface area (Å²) >= 11 is 13.4. The normalized spacial score (nSPS) is 11.0. The van der Waals surface area contributed by atoms with Gasteiger partial charge < -0.3 is 0 Å². The van der Waals surface area contributed by atoms with E-state index in [0.29, 0.717) is 32.2 Å². The van der Waals surface area contributed by atoms with Crippen molar-refractivity contribution in [3.63, 3.8) is 0 Å². The highest BCUT2D eigenvalue weighted by Gasteiger charge is 2.19. The van der Waals surface area contributed by atoms with E-state index in [9.17, 15) is 4.79 Å². The fourth-order valence-electron chi connectivity index (χ4n) is 1.96. The Bertz CT molecular complexity index is 857. The SMILES string of the molecule is Cc1nnc(NC(=O)c2c(C)nc3c(Cl)cc(Cl)cn23)s1. The first-order valence-corrected chi connectivity index (χ1v) is 7.48. The molecule has 108 valence electrons. The number of carbonyl (C=O) groups excluding carboxylic acids is 1. The average Bonchev–Trinajstić information content (AvgIpc) is 2.92. The van der Waals surface area contributed by atoms with Crippen LogP contribution in [0.15, 0.2) is 12.3 Å². The maximum Gasteiger partial charge on any atom is 0.276 e. The van der Waals surface area contributed by atoms with Crippen molar-refractivity contribution in [2.24, 2.45) is 0 Å². The first kappa shape index (κ1) is 14.2. The second-order valence-electron chi connectivity index (χ2n) is 4.33. The highest BCUT2D eigenvalue weighted by Crippen LogP contribution is 2.25. The van der Waals surface area contributed by atoms with Gasteiger partial charge in [0.2, 0.25) is 5.13 Å². The van der Waals surface area contributed by atoms with Crippen molar-refractivity contribution in [2.45, 2.75) is 13.8 Å². The second kappa shape index (κ2) is 5.25. The van der Waals surface area contributed by atoms with Gasteiger partial charge in [0.25, 0.3) is 5.91 Å². The van der Waals surface area contributed by atoms with E-state index in [0.717, 1.165) is 5.01 Å². The Morgan fingerprint density at radius 3 is 2.76 bits per heavy atom. The Hall–Kier alpha value is -1.70. The largest absolute Gasteiger partial charge is 0.295 e. The molecule has 0 unspecified atom stereocenters. The molecule has 0 bridgehead atoms. The van der Waals surface area contributed by atoms with Gasteiger partial charge in [-0.1, -0.05) is 34.5 Å². The summed E-state index contributed by atoms with van der Waals surface area (Å²) in [4.78, 5) is 16.7. The monoisotopic (exact) mass is 341 g/mol. The Morgan fingerprint density at radius 2 is 2.10 bits per heavy atom. The van der Waals surface area contributed by atoms with E-state index in [1.807, 2.05) is 6.92 Å². The minimum atomic E-state index is -0.338. The van der Waals surface area contributed by atoms with Crippen LogP contribution in [-0.4, -0.2) is 25.5 Å². The van der Waals surface area contributed by atoms with Crippen LogP contribution in [-0.2, 0) is 0 Å². The van der Waals surface area contributed by atoms with Crippen LogP contribution in [0.2, 0.25) is 10.0 Å². The first-order chi connectivity index (χ1) is 9.95. The Morgan fingerprint density at radius 1 is 1.33 bits per heavy atom. The molecule has 3 aromatic heterocycles. The Labute approximate surface area is 133 Å². The maximum atomic E-state index is 12.4. The summed E-state index contributed by atoms with van der Waals surface area (Å²) in [5.41, 5.74) is 1.40. The van der Waals surface area contributed by atoms with Crippen LogP contribution in [0.4, 0.5) is 5.13 Å². The average molecular weight is 342 g/mol. The highest BCUT2D eigenvalue weighted by molar-refractivity contribution is 7.15. The molecular weight excluding hydrogens is 333 g/mol. The van der Waals surface area contributed by atoms with Gasteiger partial charge in [-0.25, -0.2) is 4.98 Å². The Balaban J connectivity index is 2.07. The molecule has 0 saturated heterocycles. The van der Waals surface area contributed by atoms with Crippen LogP contribution < -0.4 is 5.32 Å². The number of rotatable bonds is 2. The third kappa shape index (κ3) is 2.59. The number of pyridine rings is 1. The standard InChI is InChI=1S/C12H9Cl2N5OS/c1-5-9(11(20)16-12-18-17-6(2)21-12)19-4-7(13)3-8(14)10(19)15-5/h3-4H,1-2H3,(H,16,18,20). The van der Waals surface area contributed by atoms with E-state index in [4.69, 9.17) is 23.2 Å². The molecule has 1 amide bonds. The number of nitrogens with zero attached hydrogens (tertiary/aromatic N) is 4. The quantitative estimate of drug-likeness (QED) is 0.775. The maximum absolute atomic E-state index is 12.4. The summed E-state index contributed by atoms with van der Waals surface area (Å²) in [7, 11) is 0. The van der Waals surface area contributed by atoms with Crippen LogP contribution >= 0.6 is 34.5 Å². The molecule has 0 saturated carbocycles. The van der Waals surface area contributed by atoms with Crippen molar-refractivity contribution < 1.29 is 4.79 Å². The summed E-state index contributed by atoms with van der Waals surface area (Å²) in [6.45, 7) is 3.55. The zero-order chi connectivity index (χ0) is 15.1. The van der Waals surface area contributed by atoms with Gasteiger partial charge in [-0.05, 0) is 19.9 Å². The van der Waals surface area contributed by atoms with Gasteiger partial charge in [-0.15, -0.1) is 10.2 Å². The minimum absolute atomic E-state index is 0.338. The lowest BCUT2D eigenvalue weighted by Gasteiger charge is -2.04. The fourth-order valence-corrected chi connectivity index (χ4v) is 3.06. The summed E-state index contributed by atoms with van der Waals surface area (Å²) < 4.78 is 1.57. The van der Waals surface area contributed by atoms with E-state index >= 15 is 0 Å².